The first-order valence-electron chi connectivity index (χ1n) is 6.39. The van der Waals surface area contributed by atoms with Crippen LogP contribution in [0.15, 0.2) is 6.20 Å². The van der Waals surface area contributed by atoms with Crippen molar-refractivity contribution < 1.29 is 0 Å². The molecule has 3 nitrogen and oxygen atoms in total. The topological polar surface area (TPSA) is 29.9 Å². The molecule has 2 unspecified atom stereocenters. The lowest BCUT2D eigenvalue weighted by Gasteiger charge is -2.16. The SMILES string of the molecule is Cc1nn(C)cc1CCNC1CCCC1C. The summed E-state index contributed by atoms with van der Waals surface area (Å²) in [6.45, 7) is 5.54. The maximum Gasteiger partial charge on any atom is 0.0626 e. The Bertz CT molecular complexity index is 343. The largest absolute Gasteiger partial charge is 0.313 e. The zero-order valence-corrected chi connectivity index (χ0v) is 10.7. The van der Waals surface area contributed by atoms with E-state index in [1.807, 2.05) is 11.7 Å². The highest BCUT2D eigenvalue weighted by molar-refractivity contribution is 5.15. The Morgan fingerprint density at radius 1 is 1.50 bits per heavy atom. The monoisotopic (exact) mass is 221 g/mol. The van der Waals surface area contributed by atoms with E-state index in [2.05, 4.69) is 30.5 Å². The van der Waals surface area contributed by atoms with Crippen LogP contribution >= 0.6 is 0 Å². The van der Waals surface area contributed by atoms with Crippen LogP contribution in [-0.4, -0.2) is 22.4 Å². The molecule has 1 aromatic rings. The first-order chi connectivity index (χ1) is 7.66. The van der Waals surface area contributed by atoms with Gasteiger partial charge in [0.15, 0.2) is 0 Å². The molecule has 1 heterocycles. The first kappa shape index (κ1) is 11.6. The molecule has 2 atom stereocenters. The fourth-order valence-corrected chi connectivity index (χ4v) is 2.74. The number of hydrogen-bond acceptors (Lipinski definition) is 2. The number of rotatable bonds is 4. The van der Waals surface area contributed by atoms with Gasteiger partial charge in [0.2, 0.25) is 0 Å². The second-order valence-electron chi connectivity index (χ2n) is 5.13. The van der Waals surface area contributed by atoms with Crippen LogP contribution in [0.4, 0.5) is 0 Å². The molecular weight excluding hydrogens is 198 g/mol. The van der Waals surface area contributed by atoms with E-state index in [1.165, 1.54) is 30.5 Å². The van der Waals surface area contributed by atoms with Crippen LogP contribution in [0.1, 0.15) is 37.4 Å². The smallest absolute Gasteiger partial charge is 0.0626 e. The number of aromatic nitrogens is 2. The van der Waals surface area contributed by atoms with Crippen molar-refractivity contribution in [2.24, 2.45) is 13.0 Å². The average Bonchev–Trinajstić information content (AvgIpc) is 2.75. The average molecular weight is 221 g/mol. The van der Waals surface area contributed by atoms with Crippen molar-refractivity contribution in [3.05, 3.63) is 17.5 Å². The Kier molecular flexibility index (Phi) is 3.64. The molecule has 0 radical (unpaired) electrons. The molecule has 0 aliphatic heterocycles. The third-order valence-electron chi connectivity index (χ3n) is 3.78. The summed E-state index contributed by atoms with van der Waals surface area (Å²) in [4.78, 5) is 0. The molecule has 0 bridgehead atoms. The fourth-order valence-electron chi connectivity index (χ4n) is 2.74. The molecule has 1 aliphatic rings. The number of nitrogens with zero attached hydrogens (tertiary/aromatic N) is 2. The third-order valence-corrected chi connectivity index (χ3v) is 3.78. The lowest BCUT2D eigenvalue weighted by molar-refractivity contribution is 0.430. The number of aryl methyl sites for hydroxylation is 2. The van der Waals surface area contributed by atoms with Crippen molar-refractivity contribution in [2.75, 3.05) is 6.54 Å². The van der Waals surface area contributed by atoms with Gasteiger partial charge >= 0.3 is 0 Å². The summed E-state index contributed by atoms with van der Waals surface area (Å²) < 4.78 is 1.91. The minimum atomic E-state index is 0.747. The van der Waals surface area contributed by atoms with Crippen molar-refractivity contribution in [1.82, 2.24) is 15.1 Å². The van der Waals surface area contributed by atoms with Gasteiger partial charge in [-0.15, -0.1) is 0 Å². The van der Waals surface area contributed by atoms with Crippen molar-refractivity contribution in [3.8, 4) is 0 Å². The summed E-state index contributed by atoms with van der Waals surface area (Å²) in [5.74, 6) is 0.856. The molecular formula is C13H23N3. The summed E-state index contributed by atoms with van der Waals surface area (Å²) in [5, 5.41) is 8.04. The molecule has 1 fully saturated rings. The highest BCUT2D eigenvalue weighted by Crippen LogP contribution is 2.24. The Balaban J connectivity index is 1.77. The normalized spacial score (nSPS) is 25.2. The van der Waals surface area contributed by atoms with E-state index in [9.17, 15) is 0 Å². The Morgan fingerprint density at radius 2 is 2.31 bits per heavy atom. The maximum atomic E-state index is 4.37. The molecule has 1 aliphatic carbocycles. The van der Waals surface area contributed by atoms with Crippen LogP contribution in [-0.2, 0) is 13.5 Å². The van der Waals surface area contributed by atoms with Crippen molar-refractivity contribution in [1.29, 1.82) is 0 Å². The van der Waals surface area contributed by atoms with Gasteiger partial charge in [0.25, 0.3) is 0 Å². The van der Waals surface area contributed by atoms with Gasteiger partial charge in [0.05, 0.1) is 5.69 Å². The molecule has 0 aromatic carbocycles. The van der Waals surface area contributed by atoms with Gasteiger partial charge < -0.3 is 5.32 Å². The highest BCUT2D eigenvalue weighted by atomic mass is 15.2. The van der Waals surface area contributed by atoms with Gasteiger partial charge in [-0.3, -0.25) is 4.68 Å². The predicted molar refractivity (Wildman–Crippen MR) is 66.5 cm³/mol. The molecule has 0 saturated heterocycles. The van der Waals surface area contributed by atoms with E-state index < -0.39 is 0 Å². The molecule has 1 aromatic heterocycles. The van der Waals surface area contributed by atoms with Crippen molar-refractivity contribution in [2.45, 2.75) is 45.6 Å². The van der Waals surface area contributed by atoms with Gasteiger partial charge in [-0.25, -0.2) is 0 Å². The van der Waals surface area contributed by atoms with Gasteiger partial charge in [-0.05, 0) is 44.2 Å². The maximum absolute atomic E-state index is 4.37. The summed E-state index contributed by atoms with van der Waals surface area (Å²) >= 11 is 0. The molecule has 1 saturated carbocycles. The second-order valence-corrected chi connectivity index (χ2v) is 5.13. The Morgan fingerprint density at radius 3 is 2.88 bits per heavy atom. The first-order valence-corrected chi connectivity index (χ1v) is 6.39. The van der Waals surface area contributed by atoms with Gasteiger partial charge in [-0.1, -0.05) is 13.3 Å². The van der Waals surface area contributed by atoms with Gasteiger partial charge in [0, 0.05) is 19.3 Å². The van der Waals surface area contributed by atoms with E-state index in [-0.39, 0.29) is 0 Å². The fraction of sp³-hybridized carbons (Fsp3) is 0.769. The summed E-state index contributed by atoms with van der Waals surface area (Å²) in [6.07, 6.45) is 7.37. The molecule has 16 heavy (non-hydrogen) atoms. The van der Waals surface area contributed by atoms with E-state index in [4.69, 9.17) is 0 Å². The van der Waals surface area contributed by atoms with Crippen molar-refractivity contribution in [3.63, 3.8) is 0 Å². The quantitative estimate of drug-likeness (QED) is 0.843. The van der Waals surface area contributed by atoms with E-state index in [0.717, 1.165) is 24.9 Å². The molecule has 0 amide bonds. The zero-order valence-electron chi connectivity index (χ0n) is 10.7. The highest BCUT2D eigenvalue weighted by Gasteiger charge is 2.22. The number of hydrogen-bond donors (Lipinski definition) is 1. The standard InChI is InChI=1S/C13H23N3/c1-10-5-4-6-13(10)14-8-7-12-9-16(3)15-11(12)2/h9-10,13-14H,4-8H2,1-3H3. The lowest BCUT2D eigenvalue weighted by atomic mass is 10.1. The molecule has 3 heteroatoms. The second kappa shape index (κ2) is 5.00. The number of nitrogens with one attached hydrogen (secondary N) is 1. The molecule has 90 valence electrons. The molecule has 0 spiro atoms. The lowest BCUT2D eigenvalue weighted by Crippen LogP contribution is -2.32. The van der Waals surface area contributed by atoms with Crippen LogP contribution in [0.25, 0.3) is 0 Å². The third kappa shape index (κ3) is 2.64. The van der Waals surface area contributed by atoms with Crippen molar-refractivity contribution >= 4 is 0 Å². The van der Waals surface area contributed by atoms with E-state index in [1.54, 1.807) is 0 Å². The van der Waals surface area contributed by atoms with Crippen LogP contribution in [0.2, 0.25) is 0 Å². The van der Waals surface area contributed by atoms with Crippen LogP contribution in [0.3, 0.4) is 0 Å². The minimum Gasteiger partial charge on any atom is -0.313 e. The molecule has 2 rings (SSSR count). The van der Waals surface area contributed by atoms with E-state index in [0.29, 0.717) is 0 Å². The van der Waals surface area contributed by atoms with Crippen LogP contribution in [0.5, 0.6) is 0 Å². The predicted octanol–water partition coefficient (Wildman–Crippen LogP) is 2.05. The Hall–Kier alpha value is -0.830. The van der Waals surface area contributed by atoms with Crippen LogP contribution < -0.4 is 5.32 Å². The zero-order chi connectivity index (χ0) is 11.5. The summed E-state index contributed by atoms with van der Waals surface area (Å²) in [6, 6.07) is 0.747. The molecule has 1 N–H and O–H groups in total. The van der Waals surface area contributed by atoms with E-state index >= 15 is 0 Å². The van der Waals surface area contributed by atoms with Crippen LogP contribution in [0, 0.1) is 12.8 Å². The summed E-state index contributed by atoms with van der Waals surface area (Å²) in [5.41, 5.74) is 2.55. The van der Waals surface area contributed by atoms with Gasteiger partial charge in [0.1, 0.15) is 0 Å². The minimum absolute atomic E-state index is 0.747. The Labute approximate surface area is 98.2 Å². The summed E-state index contributed by atoms with van der Waals surface area (Å²) in [7, 11) is 1.99. The van der Waals surface area contributed by atoms with Gasteiger partial charge in [-0.2, -0.15) is 5.10 Å².